The summed E-state index contributed by atoms with van der Waals surface area (Å²) in [6.45, 7) is -0.622. The first-order valence-electron chi connectivity index (χ1n) is 7.04. The average Bonchev–Trinajstić information content (AvgIpc) is 2.54. The number of carbonyl (C=O) groups is 1. The second-order valence-corrected chi connectivity index (χ2v) is 4.76. The number of rotatable bonds is 3. The molecule has 0 aliphatic carbocycles. The second-order valence-electron chi connectivity index (χ2n) is 4.76. The van der Waals surface area contributed by atoms with Crippen LogP contribution in [0.5, 0.6) is 0 Å². The van der Waals surface area contributed by atoms with Crippen molar-refractivity contribution in [3.8, 4) is 0 Å². The van der Waals surface area contributed by atoms with Crippen molar-refractivity contribution >= 4 is 11.6 Å². The number of amides is 1. The zero-order chi connectivity index (χ0) is 17.1. The molecule has 116 valence electrons. The monoisotopic (exact) mass is 310 g/mol. The fourth-order valence-corrected chi connectivity index (χ4v) is 1.82. The summed E-state index contributed by atoms with van der Waals surface area (Å²) in [6.07, 6.45) is -4.46. The number of carbonyl (C=O) groups excluding carboxylic acids is 1. The summed E-state index contributed by atoms with van der Waals surface area (Å²) in [5.41, 5.74) is -2.58. The lowest BCUT2D eigenvalue weighted by Crippen LogP contribution is -2.37. The van der Waals surface area contributed by atoms with Gasteiger partial charge < -0.3 is 10.4 Å². The summed E-state index contributed by atoms with van der Waals surface area (Å²) in [5, 5.41) is 12.8. The normalized spacial score (nSPS) is 14.8. The van der Waals surface area contributed by atoms with Gasteiger partial charge in [-0.1, -0.05) is 30.3 Å². The number of aliphatic hydroxyl groups is 1. The standard InChI is InChI=1S/C16H14F3NO2/c1-15(22,11-5-3-2-4-6-11)14(21)20-13-9-7-12(8-10-13)16(17,18)19/h2-10,22H,1H3,(H,20,21)/i1D. The van der Waals surface area contributed by atoms with Crippen LogP contribution < -0.4 is 5.32 Å². The van der Waals surface area contributed by atoms with Gasteiger partial charge in [-0.15, -0.1) is 0 Å². The number of halogens is 3. The quantitative estimate of drug-likeness (QED) is 0.911. The first kappa shape index (κ1) is 14.6. The van der Waals surface area contributed by atoms with Crippen molar-refractivity contribution in [3.63, 3.8) is 0 Å². The van der Waals surface area contributed by atoms with Crippen LogP contribution in [0.4, 0.5) is 18.9 Å². The molecule has 2 aromatic carbocycles. The minimum Gasteiger partial charge on any atom is -0.376 e. The van der Waals surface area contributed by atoms with Crippen molar-refractivity contribution in [2.75, 3.05) is 5.32 Å². The van der Waals surface area contributed by atoms with Gasteiger partial charge in [-0.3, -0.25) is 4.79 Å². The number of alkyl halides is 3. The van der Waals surface area contributed by atoms with Gasteiger partial charge in [0.2, 0.25) is 0 Å². The SMILES string of the molecule is [2H]CC(O)(C(=O)Nc1ccc(C(F)(F)F)cc1)c1ccccc1. The predicted molar refractivity (Wildman–Crippen MR) is 76.1 cm³/mol. The van der Waals surface area contributed by atoms with E-state index < -0.39 is 30.1 Å². The van der Waals surface area contributed by atoms with Crippen molar-refractivity contribution in [1.29, 1.82) is 0 Å². The average molecular weight is 310 g/mol. The lowest BCUT2D eigenvalue weighted by molar-refractivity contribution is -0.137. The maximum Gasteiger partial charge on any atom is 0.416 e. The molecule has 1 amide bonds. The van der Waals surface area contributed by atoms with Gasteiger partial charge in [0.25, 0.3) is 5.91 Å². The van der Waals surface area contributed by atoms with Crippen molar-refractivity contribution in [1.82, 2.24) is 0 Å². The number of benzene rings is 2. The van der Waals surface area contributed by atoms with Crippen LogP contribution >= 0.6 is 0 Å². The van der Waals surface area contributed by atoms with Crippen LogP contribution in [0, 0.1) is 0 Å². The third-order valence-electron chi connectivity index (χ3n) is 3.10. The second kappa shape index (κ2) is 5.81. The highest BCUT2D eigenvalue weighted by molar-refractivity contribution is 5.97. The van der Waals surface area contributed by atoms with Crippen LogP contribution in [0.1, 0.15) is 19.4 Å². The Morgan fingerprint density at radius 3 is 2.14 bits per heavy atom. The molecule has 0 radical (unpaired) electrons. The molecule has 0 saturated carbocycles. The van der Waals surface area contributed by atoms with E-state index in [9.17, 15) is 23.1 Å². The van der Waals surface area contributed by atoms with Crippen LogP contribution in [-0.4, -0.2) is 11.0 Å². The number of nitrogens with one attached hydrogen (secondary N) is 1. The van der Waals surface area contributed by atoms with E-state index in [1.165, 1.54) is 12.1 Å². The van der Waals surface area contributed by atoms with Crippen molar-refractivity contribution in [2.24, 2.45) is 0 Å². The van der Waals surface area contributed by atoms with Crippen LogP contribution in [0.25, 0.3) is 0 Å². The maximum absolute atomic E-state index is 12.5. The molecule has 0 spiro atoms. The summed E-state index contributed by atoms with van der Waals surface area (Å²) < 4.78 is 44.9. The van der Waals surface area contributed by atoms with Crippen LogP contribution in [0.15, 0.2) is 54.6 Å². The molecule has 0 fully saturated rings. The molecule has 0 bridgehead atoms. The third kappa shape index (κ3) is 3.46. The molecule has 1 unspecified atom stereocenters. The van der Waals surface area contributed by atoms with E-state index in [0.29, 0.717) is 0 Å². The van der Waals surface area contributed by atoms with Gasteiger partial charge in [-0.25, -0.2) is 0 Å². The van der Waals surface area contributed by atoms with Gasteiger partial charge in [0.05, 0.1) is 5.56 Å². The van der Waals surface area contributed by atoms with E-state index >= 15 is 0 Å². The molecule has 1 atom stereocenters. The fraction of sp³-hybridized carbons (Fsp3) is 0.188. The van der Waals surface area contributed by atoms with E-state index in [-0.39, 0.29) is 11.3 Å². The van der Waals surface area contributed by atoms with Gasteiger partial charge in [0.1, 0.15) is 0 Å². The molecular weight excluding hydrogens is 295 g/mol. The molecular formula is C16H14F3NO2. The highest BCUT2D eigenvalue weighted by Gasteiger charge is 2.33. The lowest BCUT2D eigenvalue weighted by atomic mass is 9.95. The molecule has 2 N–H and O–H groups in total. The van der Waals surface area contributed by atoms with Gasteiger partial charge in [0.15, 0.2) is 5.60 Å². The molecule has 0 aliphatic heterocycles. The summed E-state index contributed by atoms with van der Waals surface area (Å²) in [5.74, 6) is -0.876. The van der Waals surface area contributed by atoms with Crippen molar-refractivity contribution < 1.29 is 24.4 Å². The highest BCUT2D eigenvalue weighted by Crippen LogP contribution is 2.30. The summed E-state index contributed by atoms with van der Waals surface area (Å²) in [6, 6.07) is 11.8. The Morgan fingerprint density at radius 1 is 1.05 bits per heavy atom. The number of anilines is 1. The van der Waals surface area contributed by atoms with Crippen LogP contribution in [0.3, 0.4) is 0 Å². The number of hydrogen-bond acceptors (Lipinski definition) is 2. The van der Waals surface area contributed by atoms with Gasteiger partial charge in [0, 0.05) is 7.06 Å². The third-order valence-corrected chi connectivity index (χ3v) is 3.10. The fourth-order valence-electron chi connectivity index (χ4n) is 1.82. The Labute approximate surface area is 126 Å². The first-order chi connectivity index (χ1) is 10.8. The molecule has 2 aromatic rings. The van der Waals surface area contributed by atoms with E-state index in [0.717, 1.165) is 24.3 Å². The van der Waals surface area contributed by atoms with Crippen molar-refractivity contribution in [3.05, 3.63) is 65.7 Å². The van der Waals surface area contributed by atoms with E-state index in [4.69, 9.17) is 1.37 Å². The Balaban J connectivity index is 2.20. The predicted octanol–water partition coefficient (Wildman–Crippen LogP) is 3.55. The van der Waals surface area contributed by atoms with Crippen LogP contribution in [-0.2, 0) is 16.6 Å². The summed E-state index contributed by atoms with van der Waals surface area (Å²) in [7, 11) is 0. The van der Waals surface area contributed by atoms with Gasteiger partial charge in [-0.2, -0.15) is 13.2 Å². The van der Waals surface area contributed by atoms with Gasteiger partial charge >= 0.3 is 6.18 Å². The highest BCUT2D eigenvalue weighted by atomic mass is 19.4. The van der Waals surface area contributed by atoms with Crippen molar-refractivity contribution in [2.45, 2.75) is 18.7 Å². The van der Waals surface area contributed by atoms with E-state index in [1.54, 1.807) is 18.2 Å². The molecule has 0 aliphatic rings. The molecule has 22 heavy (non-hydrogen) atoms. The molecule has 2 rings (SSSR count). The summed E-state index contributed by atoms with van der Waals surface area (Å²) >= 11 is 0. The molecule has 3 nitrogen and oxygen atoms in total. The maximum atomic E-state index is 12.5. The van der Waals surface area contributed by atoms with Crippen LogP contribution in [0.2, 0.25) is 0 Å². The molecule has 0 saturated heterocycles. The minimum absolute atomic E-state index is 0.103. The molecule has 0 aromatic heterocycles. The van der Waals surface area contributed by atoms with E-state index in [2.05, 4.69) is 5.32 Å². The largest absolute Gasteiger partial charge is 0.416 e. The zero-order valence-electron chi connectivity index (χ0n) is 12.4. The zero-order valence-corrected chi connectivity index (χ0v) is 11.4. The Kier molecular flexibility index (Phi) is 3.85. The van der Waals surface area contributed by atoms with Gasteiger partial charge in [-0.05, 0) is 36.7 Å². The first-order valence-corrected chi connectivity index (χ1v) is 6.33. The molecule has 6 heteroatoms. The number of hydrogen-bond donors (Lipinski definition) is 2. The minimum atomic E-state index is -4.46. The Hall–Kier alpha value is -2.34. The van der Waals surface area contributed by atoms with E-state index in [1.807, 2.05) is 0 Å². The summed E-state index contributed by atoms with van der Waals surface area (Å²) in [4.78, 5) is 12.2. The lowest BCUT2D eigenvalue weighted by Gasteiger charge is -2.22. The Morgan fingerprint density at radius 2 is 1.64 bits per heavy atom. The molecule has 0 heterocycles. The topological polar surface area (TPSA) is 49.3 Å². The smallest absolute Gasteiger partial charge is 0.376 e. The Bertz CT molecular complexity index is 674.